The summed E-state index contributed by atoms with van der Waals surface area (Å²) in [4.78, 5) is 14.8. The second kappa shape index (κ2) is 5.55. The highest BCUT2D eigenvalue weighted by Gasteiger charge is 2.50. The normalized spacial score (nSPS) is 29.5. The summed E-state index contributed by atoms with van der Waals surface area (Å²) in [5.41, 5.74) is 1.65. The van der Waals surface area contributed by atoms with Crippen LogP contribution in [0.2, 0.25) is 0 Å². The maximum absolute atomic E-state index is 12.6. The van der Waals surface area contributed by atoms with Crippen molar-refractivity contribution in [1.82, 2.24) is 4.90 Å². The van der Waals surface area contributed by atoms with Gasteiger partial charge in [0.25, 0.3) is 0 Å². The molecule has 1 N–H and O–H groups in total. The van der Waals surface area contributed by atoms with Crippen LogP contribution < -0.4 is 5.32 Å². The van der Waals surface area contributed by atoms with Gasteiger partial charge in [-0.3, -0.25) is 4.79 Å². The zero-order chi connectivity index (χ0) is 16.0. The number of carbonyl (C=O) groups excluding carboxylic acids is 1. The molecule has 1 aromatic carbocycles. The lowest BCUT2D eigenvalue weighted by atomic mass is 9.65. The van der Waals surface area contributed by atoms with Crippen molar-refractivity contribution in [1.29, 1.82) is 0 Å². The van der Waals surface area contributed by atoms with Crippen molar-refractivity contribution >= 4 is 27.5 Å². The molecule has 3 nitrogen and oxygen atoms in total. The molecule has 1 aliphatic carbocycles. The summed E-state index contributed by atoms with van der Waals surface area (Å²) in [7, 11) is 0. The molecule has 0 aromatic heterocycles. The van der Waals surface area contributed by atoms with Gasteiger partial charge in [0.2, 0.25) is 5.91 Å². The fourth-order valence-electron chi connectivity index (χ4n) is 4.60. The molecule has 1 aliphatic heterocycles. The van der Waals surface area contributed by atoms with Gasteiger partial charge in [-0.2, -0.15) is 0 Å². The van der Waals surface area contributed by atoms with E-state index < -0.39 is 0 Å². The Morgan fingerprint density at radius 2 is 1.95 bits per heavy atom. The molecule has 2 atom stereocenters. The maximum Gasteiger partial charge on any atom is 0.242 e. The Labute approximate surface area is 141 Å². The lowest BCUT2D eigenvalue weighted by Gasteiger charge is -2.39. The number of hydrogen-bond acceptors (Lipinski definition) is 2. The standard InChI is InChI=1S/C18H25BrN2O/c1-17(2)8-15-9-18(3,11-17)12-21(15)16(22)10-20-14-6-4-13(19)5-7-14/h4-7,15,20H,8-12H2,1-3H3/t15-,18-/m0/s1. The summed E-state index contributed by atoms with van der Waals surface area (Å²) in [6, 6.07) is 8.38. The highest BCUT2D eigenvalue weighted by molar-refractivity contribution is 9.10. The summed E-state index contributed by atoms with van der Waals surface area (Å²) in [5.74, 6) is 0.231. The number of nitrogens with one attached hydrogen (secondary N) is 1. The molecule has 4 heteroatoms. The summed E-state index contributed by atoms with van der Waals surface area (Å²) in [6.45, 7) is 8.32. The number of anilines is 1. The van der Waals surface area contributed by atoms with Crippen molar-refractivity contribution in [2.45, 2.75) is 46.1 Å². The van der Waals surface area contributed by atoms with Gasteiger partial charge in [0.1, 0.15) is 0 Å². The minimum atomic E-state index is 0.231. The van der Waals surface area contributed by atoms with E-state index in [0.29, 0.717) is 23.4 Å². The zero-order valence-electron chi connectivity index (χ0n) is 13.7. The number of halogens is 1. The molecule has 1 heterocycles. The first-order valence-corrected chi connectivity index (χ1v) is 8.85. The molecule has 0 spiro atoms. The van der Waals surface area contributed by atoms with Crippen molar-refractivity contribution in [3.63, 3.8) is 0 Å². The molecule has 120 valence electrons. The Hall–Kier alpha value is -1.03. The van der Waals surface area contributed by atoms with Gasteiger partial charge in [0.05, 0.1) is 6.54 Å². The Morgan fingerprint density at radius 1 is 1.27 bits per heavy atom. The van der Waals surface area contributed by atoms with Gasteiger partial charge < -0.3 is 10.2 Å². The fraction of sp³-hybridized carbons (Fsp3) is 0.611. The van der Waals surface area contributed by atoms with Crippen molar-refractivity contribution in [2.24, 2.45) is 10.8 Å². The van der Waals surface area contributed by atoms with E-state index >= 15 is 0 Å². The number of hydrogen-bond donors (Lipinski definition) is 1. The average molecular weight is 365 g/mol. The van der Waals surface area contributed by atoms with Crippen molar-refractivity contribution < 1.29 is 4.79 Å². The molecule has 22 heavy (non-hydrogen) atoms. The van der Waals surface area contributed by atoms with Crippen LogP contribution in [0.15, 0.2) is 28.7 Å². The summed E-state index contributed by atoms with van der Waals surface area (Å²) < 4.78 is 1.05. The predicted molar refractivity (Wildman–Crippen MR) is 93.9 cm³/mol. The average Bonchev–Trinajstić information content (AvgIpc) is 2.67. The van der Waals surface area contributed by atoms with Crippen molar-refractivity contribution in [3.8, 4) is 0 Å². The molecule has 0 unspecified atom stereocenters. The van der Waals surface area contributed by atoms with Gasteiger partial charge in [0, 0.05) is 22.7 Å². The first-order chi connectivity index (χ1) is 10.3. The third-order valence-corrected chi connectivity index (χ3v) is 5.55. The summed E-state index contributed by atoms with van der Waals surface area (Å²) in [5, 5.41) is 3.25. The second-order valence-electron chi connectivity index (χ2n) is 8.10. The van der Waals surface area contributed by atoms with Crippen molar-refractivity contribution in [2.75, 3.05) is 18.4 Å². The zero-order valence-corrected chi connectivity index (χ0v) is 15.2. The number of rotatable bonds is 3. The van der Waals surface area contributed by atoms with Crippen LogP contribution in [0.4, 0.5) is 5.69 Å². The second-order valence-corrected chi connectivity index (χ2v) is 9.01. The van der Waals surface area contributed by atoms with Crippen LogP contribution in [-0.4, -0.2) is 29.9 Å². The van der Waals surface area contributed by atoms with E-state index in [9.17, 15) is 4.79 Å². The Morgan fingerprint density at radius 3 is 2.64 bits per heavy atom. The van der Waals surface area contributed by atoms with E-state index in [2.05, 4.69) is 46.9 Å². The van der Waals surface area contributed by atoms with Gasteiger partial charge in [0.15, 0.2) is 0 Å². The van der Waals surface area contributed by atoms with Crippen LogP contribution in [-0.2, 0) is 4.79 Å². The predicted octanol–water partition coefficient (Wildman–Crippen LogP) is 4.29. The number of amides is 1. The first kappa shape index (κ1) is 15.9. The highest BCUT2D eigenvalue weighted by atomic mass is 79.9. The topological polar surface area (TPSA) is 32.3 Å². The molecule has 1 aromatic rings. The van der Waals surface area contributed by atoms with Gasteiger partial charge in [-0.1, -0.05) is 36.7 Å². The number of benzene rings is 1. The number of nitrogens with zero attached hydrogens (tertiary/aromatic N) is 1. The van der Waals surface area contributed by atoms with E-state index in [0.717, 1.165) is 23.1 Å². The smallest absolute Gasteiger partial charge is 0.242 e. The monoisotopic (exact) mass is 364 g/mol. The summed E-state index contributed by atoms with van der Waals surface area (Å²) in [6.07, 6.45) is 3.52. The van der Waals surface area contributed by atoms with Gasteiger partial charge in [-0.15, -0.1) is 0 Å². The van der Waals surface area contributed by atoms with E-state index in [4.69, 9.17) is 0 Å². The fourth-order valence-corrected chi connectivity index (χ4v) is 4.86. The molecule has 1 saturated heterocycles. The molecule has 2 fully saturated rings. The van der Waals surface area contributed by atoms with Crippen LogP contribution in [0, 0.1) is 10.8 Å². The lowest BCUT2D eigenvalue weighted by Crippen LogP contribution is -2.40. The molecule has 2 bridgehead atoms. The highest BCUT2D eigenvalue weighted by Crippen LogP contribution is 2.52. The largest absolute Gasteiger partial charge is 0.376 e. The van der Waals surface area contributed by atoms with E-state index in [1.54, 1.807) is 0 Å². The van der Waals surface area contributed by atoms with E-state index in [-0.39, 0.29) is 5.91 Å². The first-order valence-electron chi connectivity index (χ1n) is 8.05. The maximum atomic E-state index is 12.6. The van der Waals surface area contributed by atoms with Gasteiger partial charge >= 0.3 is 0 Å². The van der Waals surface area contributed by atoms with Gasteiger partial charge in [-0.25, -0.2) is 0 Å². The van der Waals surface area contributed by atoms with Crippen molar-refractivity contribution in [3.05, 3.63) is 28.7 Å². The minimum Gasteiger partial charge on any atom is -0.376 e. The quantitative estimate of drug-likeness (QED) is 0.867. The van der Waals surface area contributed by atoms with Gasteiger partial charge in [-0.05, 0) is 54.4 Å². The number of carbonyl (C=O) groups is 1. The van der Waals surface area contributed by atoms with E-state index in [1.807, 2.05) is 24.3 Å². The Kier molecular flexibility index (Phi) is 4.00. The molecular formula is C18H25BrN2O. The number of fused-ring (bicyclic) bond motifs is 2. The van der Waals surface area contributed by atoms with E-state index in [1.165, 1.54) is 12.8 Å². The van der Waals surface area contributed by atoms with Crippen LogP contribution in [0.5, 0.6) is 0 Å². The molecule has 3 rings (SSSR count). The third-order valence-electron chi connectivity index (χ3n) is 5.02. The molecule has 0 radical (unpaired) electrons. The molecule has 1 saturated carbocycles. The minimum absolute atomic E-state index is 0.231. The SMILES string of the molecule is CC1(C)C[C@H]2C[C@](C)(CN2C(=O)CNc2ccc(Br)cc2)C1. The van der Waals surface area contributed by atoms with Crippen LogP contribution in [0.1, 0.15) is 40.0 Å². The molecular weight excluding hydrogens is 340 g/mol. The summed E-state index contributed by atoms with van der Waals surface area (Å²) >= 11 is 3.42. The third kappa shape index (κ3) is 3.32. The lowest BCUT2D eigenvalue weighted by molar-refractivity contribution is -0.130. The van der Waals surface area contributed by atoms with Crippen LogP contribution >= 0.6 is 15.9 Å². The number of likely N-dealkylation sites (tertiary alicyclic amines) is 1. The molecule has 2 aliphatic rings. The Balaban J connectivity index is 1.62. The molecule has 1 amide bonds. The van der Waals surface area contributed by atoms with Crippen LogP contribution in [0.3, 0.4) is 0 Å². The Bertz CT molecular complexity index is 569. The van der Waals surface area contributed by atoms with Crippen LogP contribution in [0.25, 0.3) is 0 Å².